The van der Waals surface area contributed by atoms with Gasteiger partial charge in [0.2, 0.25) is 0 Å². The first-order valence-corrected chi connectivity index (χ1v) is 8.80. The van der Waals surface area contributed by atoms with Crippen LogP contribution >= 0.6 is 11.8 Å². The lowest BCUT2D eigenvalue weighted by Crippen LogP contribution is -2.36. The van der Waals surface area contributed by atoms with Gasteiger partial charge in [0, 0.05) is 25.0 Å². The predicted molar refractivity (Wildman–Crippen MR) is 93.4 cm³/mol. The molecule has 0 fully saturated rings. The maximum atomic E-state index is 12.5. The molecule has 0 aromatic heterocycles. The number of carbonyl (C=O) groups excluding carboxylic acids is 1. The Labute approximate surface area is 149 Å². The summed E-state index contributed by atoms with van der Waals surface area (Å²) in [7, 11) is 1.60. The third kappa shape index (κ3) is 5.70. The van der Waals surface area contributed by atoms with Gasteiger partial charge >= 0.3 is 12.2 Å². The highest BCUT2D eigenvalue weighted by atomic mass is 32.2. The molecule has 0 unspecified atom stereocenters. The van der Waals surface area contributed by atoms with Crippen LogP contribution in [0.2, 0.25) is 0 Å². The van der Waals surface area contributed by atoms with E-state index in [1.807, 2.05) is 30.5 Å². The van der Waals surface area contributed by atoms with Crippen molar-refractivity contribution in [3.63, 3.8) is 0 Å². The Morgan fingerprint density at radius 3 is 2.12 bits per heavy atom. The molecule has 0 radical (unpaired) electrons. The molecule has 0 atom stereocenters. The summed E-state index contributed by atoms with van der Waals surface area (Å²) in [6.45, 7) is 0.625. The minimum Gasteiger partial charge on any atom is -0.334 e. The van der Waals surface area contributed by atoms with E-state index in [4.69, 9.17) is 0 Å². The molecule has 2 rings (SSSR count). The van der Waals surface area contributed by atoms with Crippen LogP contribution in [0.15, 0.2) is 53.4 Å². The first kappa shape index (κ1) is 19.2. The minimum atomic E-state index is -4.35. The molecule has 3 nitrogen and oxygen atoms in total. The van der Waals surface area contributed by atoms with Crippen molar-refractivity contribution in [3.8, 4) is 0 Å². The maximum absolute atomic E-state index is 12.5. The van der Waals surface area contributed by atoms with Crippen LogP contribution in [0, 0.1) is 0 Å². The molecule has 2 aromatic carbocycles. The van der Waals surface area contributed by atoms with Gasteiger partial charge in [-0.05, 0) is 41.6 Å². The van der Waals surface area contributed by atoms with E-state index in [9.17, 15) is 18.0 Å². The summed E-state index contributed by atoms with van der Waals surface area (Å²) >= 11 is 1.64. The van der Waals surface area contributed by atoms with Crippen LogP contribution in [0.1, 0.15) is 16.7 Å². The van der Waals surface area contributed by atoms with E-state index in [0.29, 0.717) is 12.1 Å². The van der Waals surface area contributed by atoms with Crippen molar-refractivity contribution in [1.82, 2.24) is 10.2 Å². The summed E-state index contributed by atoms with van der Waals surface area (Å²) in [4.78, 5) is 14.7. The number of rotatable bonds is 5. The molecule has 0 aliphatic carbocycles. The molecule has 0 heterocycles. The number of carbonyl (C=O) groups is 1. The third-order valence-electron chi connectivity index (χ3n) is 3.65. The molecule has 2 aromatic rings. The van der Waals surface area contributed by atoms with Crippen LogP contribution in [0.4, 0.5) is 18.0 Å². The van der Waals surface area contributed by atoms with Gasteiger partial charge in [-0.1, -0.05) is 24.3 Å². The molecule has 134 valence electrons. The molecule has 1 N–H and O–H groups in total. The van der Waals surface area contributed by atoms with Gasteiger partial charge in [0.1, 0.15) is 0 Å². The van der Waals surface area contributed by atoms with E-state index in [2.05, 4.69) is 5.32 Å². The van der Waals surface area contributed by atoms with Gasteiger partial charge in [-0.2, -0.15) is 13.2 Å². The summed E-state index contributed by atoms with van der Waals surface area (Å²) in [5.41, 5.74) is 0.918. The molecular formula is C18H19F3N2OS. The molecule has 0 spiro atoms. The summed E-state index contributed by atoms with van der Waals surface area (Å²) in [6, 6.07) is 12.4. The molecular weight excluding hydrogens is 349 g/mol. The Balaban J connectivity index is 1.87. The van der Waals surface area contributed by atoms with Crippen molar-refractivity contribution in [2.75, 3.05) is 13.3 Å². The summed E-state index contributed by atoms with van der Waals surface area (Å²) < 4.78 is 37.6. The number of nitrogens with one attached hydrogen (secondary N) is 1. The first-order valence-electron chi connectivity index (χ1n) is 7.57. The Morgan fingerprint density at radius 1 is 1.04 bits per heavy atom. The first-order chi connectivity index (χ1) is 11.8. The number of benzene rings is 2. The van der Waals surface area contributed by atoms with Crippen LogP contribution < -0.4 is 5.32 Å². The van der Waals surface area contributed by atoms with Gasteiger partial charge in [0.05, 0.1) is 5.56 Å². The highest BCUT2D eigenvalue weighted by Gasteiger charge is 2.29. The van der Waals surface area contributed by atoms with E-state index in [1.165, 1.54) is 17.0 Å². The molecule has 0 saturated heterocycles. The van der Waals surface area contributed by atoms with Crippen molar-refractivity contribution in [3.05, 3.63) is 65.2 Å². The Hall–Kier alpha value is -2.15. The second-order valence-electron chi connectivity index (χ2n) is 5.56. The fourth-order valence-electron chi connectivity index (χ4n) is 2.20. The standard InChI is InChI=1S/C18H19F3N2OS/c1-23(12-14-3-7-15(8-4-14)18(19,20)21)17(24)22-11-13-5-9-16(25-2)10-6-13/h3-10H,11-12H2,1-2H3,(H,22,24). The number of halogens is 3. The number of hydrogen-bond donors (Lipinski definition) is 1. The number of urea groups is 1. The molecule has 2 amide bonds. The van der Waals surface area contributed by atoms with Crippen molar-refractivity contribution >= 4 is 17.8 Å². The number of hydrogen-bond acceptors (Lipinski definition) is 2. The van der Waals surface area contributed by atoms with Crippen LogP contribution in [0.5, 0.6) is 0 Å². The quantitative estimate of drug-likeness (QED) is 0.771. The lowest BCUT2D eigenvalue weighted by molar-refractivity contribution is -0.137. The van der Waals surface area contributed by atoms with E-state index in [0.717, 1.165) is 22.6 Å². The topological polar surface area (TPSA) is 32.3 Å². The summed E-state index contributed by atoms with van der Waals surface area (Å²) in [6.07, 6.45) is -2.36. The Kier molecular flexibility index (Phi) is 6.36. The largest absolute Gasteiger partial charge is 0.416 e. The molecule has 0 bridgehead atoms. The van der Waals surface area contributed by atoms with E-state index in [-0.39, 0.29) is 12.6 Å². The van der Waals surface area contributed by atoms with Gasteiger partial charge in [-0.3, -0.25) is 0 Å². The number of nitrogens with zero attached hydrogens (tertiary/aromatic N) is 1. The SMILES string of the molecule is CSc1ccc(CNC(=O)N(C)Cc2ccc(C(F)(F)F)cc2)cc1. The van der Waals surface area contributed by atoms with Gasteiger partial charge in [0.25, 0.3) is 0 Å². The van der Waals surface area contributed by atoms with E-state index >= 15 is 0 Å². The number of amides is 2. The van der Waals surface area contributed by atoms with Crippen molar-refractivity contribution in [2.45, 2.75) is 24.2 Å². The fourth-order valence-corrected chi connectivity index (χ4v) is 2.61. The summed E-state index contributed by atoms with van der Waals surface area (Å²) in [5.74, 6) is 0. The Bertz CT molecular complexity index is 700. The zero-order valence-corrected chi connectivity index (χ0v) is 14.7. The van der Waals surface area contributed by atoms with Gasteiger partial charge in [-0.25, -0.2) is 4.79 Å². The van der Waals surface area contributed by atoms with Gasteiger partial charge in [0.15, 0.2) is 0 Å². The van der Waals surface area contributed by atoms with Crippen LogP contribution in [-0.4, -0.2) is 24.2 Å². The van der Waals surface area contributed by atoms with Crippen molar-refractivity contribution < 1.29 is 18.0 Å². The number of alkyl halides is 3. The normalized spacial score (nSPS) is 11.2. The molecule has 0 aliphatic rings. The van der Waals surface area contributed by atoms with Crippen LogP contribution in [-0.2, 0) is 19.3 Å². The lowest BCUT2D eigenvalue weighted by atomic mass is 10.1. The third-order valence-corrected chi connectivity index (χ3v) is 4.39. The monoisotopic (exact) mass is 368 g/mol. The smallest absolute Gasteiger partial charge is 0.334 e. The molecule has 25 heavy (non-hydrogen) atoms. The van der Waals surface area contributed by atoms with Crippen molar-refractivity contribution in [2.24, 2.45) is 0 Å². The van der Waals surface area contributed by atoms with Crippen LogP contribution in [0.3, 0.4) is 0 Å². The zero-order chi connectivity index (χ0) is 18.4. The van der Waals surface area contributed by atoms with Crippen molar-refractivity contribution in [1.29, 1.82) is 0 Å². The Morgan fingerprint density at radius 2 is 1.60 bits per heavy atom. The van der Waals surface area contributed by atoms with E-state index in [1.54, 1.807) is 18.8 Å². The second-order valence-corrected chi connectivity index (χ2v) is 6.44. The average Bonchev–Trinajstić information content (AvgIpc) is 2.59. The second kappa shape index (κ2) is 8.29. The highest BCUT2D eigenvalue weighted by molar-refractivity contribution is 7.98. The number of thioether (sulfide) groups is 1. The lowest BCUT2D eigenvalue weighted by Gasteiger charge is -2.18. The fraction of sp³-hybridized carbons (Fsp3) is 0.278. The average molecular weight is 368 g/mol. The van der Waals surface area contributed by atoms with Gasteiger partial charge in [-0.15, -0.1) is 11.8 Å². The predicted octanol–water partition coefficient (Wildman–Crippen LogP) is 4.77. The molecule has 7 heteroatoms. The van der Waals surface area contributed by atoms with Crippen LogP contribution in [0.25, 0.3) is 0 Å². The van der Waals surface area contributed by atoms with E-state index < -0.39 is 11.7 Å². The zero-order valence-electron chi connectivity index (χ0n) is 13.9. The van der Waals surface area contributed by atoms with Gasteiger partial charge < -0.3 is 10.2 Å². The molecule has 0 aliphatic heterocycles. The minimum absolute atomic E-state index is 0.232. The molecule has 0 saturated carbocycles. The summed E-state index contributed by atoms with van der Waals surface area (Å²) in [5, 5.41) is 2.79. The highest BCUT2D eigenvalue weighted by Crippen LogP contribution is 2.29. The maximum Gasteiger partial charge on any atom is 0.416 e.